The van der Waals surface area contributed by atoms with Crippen LogP contribution >= 0.6 is 12.4 Å². The Bertz CT molecular complexity index is 316. The number of carbonyl (C=O) groups excluding carboxylic acids is 2. The summed E-state index contributed by atoms with van der Waals surface area (Å²) in [7, 11) is 0. The molecule has 0 aromatic heterocycles. The smallest absolute Gasteiger partial charge is 0.240 e. The van der Waals surface area contributed by atoms with Gasteiger partial charge in [-0.25, -0.2) is 0 Å². The number of nitrogens with two attached hydrogens (primary N) is 1. The molecule has 0 unspecified atom stereocenters. The van der Waals surface area contributed by atoms with Crippen LogP contribution in [0.1, 0.15) is 38.5 Å². The van der Waals surface area contributed by atoms with E-state index in [0.717, 1.165) is 32.1 Å². The van der Waals surface area contributed by atoms with Crippen LogP contribution < -0.4 is 11.1 Å². The zero-order chi connectivity index (χ0) is 12.3. The fourth-order valence-corrected chi connectivity index (χ4v) is 2.81. The molecule has 2 fully saturated rings. The van der Waals surface area contributed by atoms with E-state index in [-0.39, 0.29) is 36.3 Å². The highest BCUT2D eigenvalue weighted by molar-refractivity contribution is 5.86. The normalized spacial score (nSPS) is 21.8. The van der Waals surface area contributed by atoms with Crippen molar-refractivity contribution in [1.29, 1.82) is 0 Å². The summed E-state index contributed by atoms with van der Waals surface area (Å²) in [4.78, 5) is 25.0. The first-order chi connectivity index (χ1) is 8.15. The van der Waals surface area contributed by atoms with Crippen molar-refractivity contribution in [2.24, 2.45) is 5.73 Å². The van der Waals surface area contributed by atoms with E-state index >= 15 is 0 Å². The molecular weight excluding hydrogens is 254 g/mol. The van der Waals surface area contributed by atoms with Gasteiger partial charge >= 0.3 is 0 Å². The van der Waals surface area contributed by atoms with Gasteiger partial charge in [0, 0.05) is 19.5 Å². The van der Waals surface area contributed by atoms with E-state index in [4.69, 9.17) is 5.73 Å². The Morgan fingerprint density at radius 1 is 1.33 bits per heavy atom. The fraction of sp³-hybridized carbons (Fsp3) is 0.833. The molecule has 1 aliphatic carbocycles. The van der Waals surface area contributed by atoms with Gasteiger partial charge in [0.15, 0.2) is 0 Å². The monoisotopic (exact) mass is 275 g/mol. The SMILES string of the molecule is Cl.NCC1(NC(=O)CN2CCCC2=O)CCCC1. The number of nitrogens with one attached hydrogen (secondary N) is 1. The van der Waals surface area contributed by atoms with E-state index in [1.54, 1.807) is 4.90 Å². The van der Waals surface area contributed by atoms with Crippen LogP contribution in [0, 0.1) is 0 Å². The van der Waals surface area contributed by atoms with Gasteiger partial charge in [0.25, 0.3) is 0 Å². The van der Waals surface area contributed by atoms with Gasteiger partial charge in [0.1, 0.15) is 0 Å². The maximum absolute atomic E-state index is 11.9. The fourth-order valence-electron chi connectivity index (χ4n) is 2.81. The molecule has 0 radical (unpaired) electrons. The zero-order valence-corrected chi connectivity index (χ0v) is 11.4. The Hall–Kier alpha value is -0.810. The number of rotatable bonds is 4. The summed E-state index contributed by atoms with van der Waals surface area (Å²) in [6.45, 7) is 1.40. The molecule has 6 heteroatoms. The first-order valence-electron chi connectivity index (χ1n) is 6.44. The molecular formula is C12H22ClN3O2. The lowest BCUT2D eigenvalue weighted by molar-refractivity contribution is -0.133. The van der Waals surface area contributed by atoms with E-state index in [9.17, 15) is 9.59 Å². The highest BCUT2D eigenvalue weighted by atomic mass is 35.5. The second kappa shape index (κ2) is 6.38. The van der Waals surface area contributed by atoms with Crippen LogP contribution in [0.15, 0.2) is 0 Å². The lowest BCUT2D eigenvalue weighted by Crippen LogP contribution is -2.54. The van der Waals surface area contributed by atoms with E-state index in [2.05, 4.69) is 5.32 Å². The number of halogens is 1. The minimum atomic E-state index is -0.208. The minimum absolute atomic E-state index is 0. The van der Waals surface area contributed by atoms with E-state index in [0.29, 0.717) is 19.5 Å². The number of likely N-dealkylation sites (tertiary alicyclic amines) is 1. The molecule has 2 amide bonds. The molecule has 0 atom stereocenters. The molecule has 3 N–H and O–H groups in total. The van der Waals surface area contributed by atoms with Crippen molar-refractivity contribution in [1.82, 2.24) is 10.2 Å². The maximum atomic E-state index is 11.9. The molecule has 0 aromatic rings. The largest absolute Gasteiger partial charge is 0.348 e. The third-order valence-corrected chi connectivity index (χ3v) is 3.86. The maximum Gasteiger partial charge on any atom is 0.240 e. The number of amides is 2. The van der Waals surface area contributed by atoms with Crippen molar-refractivity contribution < 1.29 is 9.59 Å². The van der Waals surface area contributed by atoms with Crippen LogP contribution in [-0.2, 0) is 9.59 Å². The molecule has 0 bridgehead atoms. The molecule has 1 aliphatic heterocycles. The molecule has 1 heterocycles. The van der Waals surface area contributed by atoms with E-state index in [1.165, 1.54) is 0 Å². The predicted molar refractivity (Wildman–Crippen MR) is 71.5 cm³/mol. The van der Waals surface area contributed by atoms with Gasteiger partial charge < -0.3 is 16.0 Å². The van der Waals surface area contributed by atoms with Gasteiger partial charge in [-0.1, -0.05) is 12.8 Å². The van der Waals surface area contributed by atoms with Crippen molar-refractivity contribution in [3.63, 3.8) is 0 Å². The average molecular weight is 276 g/mol. The lowest BCUT2D eigenvalue weighted by atomic mass is 9.98. The minimum Gasteiger partial charge on any atom is -0.348 e. The third kappa shape index (κ3) is 3.36. The van der Waals surface area contributed by atoms with Crippen molar-refractivity contribution >= 4 is 24.2 Å². The first kappa shape index (κ1) is 15.2. The summed E-state index contributed by atoms with van der Waals surface area (Å²) in [5.74, 6) is 0.0287. The van der Waals surface area contributed by atoms with Gasteiger partial charge in [-0.15, -0.1) is 12.4 Å². The molecule has 1 saturated heterocycles. The Labute approximate surface area is 114 Å². The average Bonchev–Trinajstić information content (AvgIpc) is 2.90. The van der Waals surface area contributed by atoms with Crippen LogP contribution in [0.5, 0.6) is 0 Å². The van der Waals surface area contributed by atoms with Crippen LogP contribution in [0.3, 0.4) is 0 Å². The molecule has 2 rings (SSSR count). The summed E-state index contributed by atoms with van der Waals surface area (Å²) in [5, 5.41) is 3.03. The molecule has 1 saturated carbocycles. The van der Waals surface area contributed by atoms with Gasteiger partial charge in [-0.05, 0) is 19.3 Å². The second-order valence-corrected chi connectivity index (χ2v) is 5.16. The predicted octanol–water partition coefficient (Wildman–Crippen LogP) is 0.418. The number of hydrogen-bond donors (Lipinski definition) is 2. The van der Waals surface area contributed by atoms with Crippen molar-refractivity contribution in [2.75, 3.05) is 19.6 Å². The van der Waals surface area contributed by atoms with Gasteiger partial charge in [0.2, 0.25) is 11.8 Å². The lowest BCUT2D eigenvalue weighted by Gasteiger charge is -2.29. The highest BCUT2D eigenvalue weighted by Crippen LogP contribution is 2.28. The summed E-state index contributed by atoms with van der Waals surface area (Å²) in [6.07, 6.45) is 5.62. The van der Waals surface area contributed by atoms with E-state index in [1.807, 2.05) is 0 Å². The quantitative estimate of drug-likeness (QED) is 0.781. The third-order valence-electron chi connectivity index (χ3n) is 3.86. The standard InChI is InChI=1S/C12H21N3O2.ClH/c13-9-12(5-1-2-6-12)14-10(16)8-15-7-3-4-11(15)17;/h1-9,13H2,(H,14,16);1H. The Balaban J connectivity index is 0.00000162. The Morgan fingerprint density at radius 2 is 2.00 bits per heavy atom. The zero-order valence-electron chi connectivity index (χ0n) is 10.6. The summed E-state index contributed by atoms with van der Waals surface area (Å²) < 4.78 is 0. The van der Waals surface area contributed by atoms with Crippen LogP contribution in [0.2, 0.25) is 0 Å². The van der Waals surface area contributed by atoms with Crippen molar-refractivity contribution in [2.45, 2.75) is 44.1 Å². The number of carbonyl (C=O) groups is 2. The van der Waals surface area contributed by atoms with Crippen molar-refractivity contribution in [3.05, 3.63) is 0 Å². The van der Waals surface area contributed by atoms with Gasteiger partial charge in [0.05, 0.1) is 12.1 Å². The molecule has 104 valence electrons. The topological polar surface area (TPSA) is 75.4 Å². The second-order valence-electron chi connectivity index (χ2n) is 5.16. The number of nitrogens with zero attached hydrogens (tertiary/aromatic N) is 1. The van der Waals surface area contributed by atoms with Crippen LogP contribution in [-0.4, -0.2) is 41.9 Å². The molecule has 18 heavy (non-hydrogen) atoms. The van der Waals surface area contributed by atoms with Gasteiger partial charge in [-0.2, -0.15) is 0 Å². The molecule has 2 aliphatic rings. The molecule has 0 aromatic carbocycles. The van der Waals surface area contributed by atoms with Crippen LogP contribution in [0.25, 0.3) is 0 Å². The molecule has 0 spiro atoms. The van der Waals surface area contributed by atoms with E-state index < -0.39 is 0 Å². The van der Waals surface area contributed by atoms with Crippen LogP contribution in [0.4, 0.5) is 0 Å². The highest BCUT2D eigenvalue weighted by Gasteiger charge is 2.34. The van der Waals surface area contributed by atoms with Gasteiger partial charge in [-0.3, -0.25) is 9.59 Å². The Kier molecular flexibility index (Phi) is 5.41. The molecule has 5 nitrogen and oxygen atoms in total. The number of hydrogen-bond acceptors (Lipinski definition) is 3. The Morgan fingerprint density at radius 3 is 2.50 bits per heavy atom. The first-order valence-corrected chi connectivity index (χ1v) is 6.44. The van der Waals surface area contributed by atoms with Crippen molar-refractivity contribution in [3.8, 4) is 0 Å². The summed E-state index contributed by atoms with van der Waals surface area (Å²) in [6, 6.07) is 0. The summed E-state index contributed by atoms with van der Waals surface area (Å²) in [5.41, 5.74) is 5.55. The summed E-state index contributed by atoms with van der Waals surface area (Å²) >= 11 is 0.